The molecule has 0 radical (unpaired) electrons. The average Bonchev–Trinajstić information content (AvgIpc) is 2.13. The Morgan fingerprint density at radius 3 is 2.73 bits per heavy atom. The van der Waals surface area contributed by atoms with Crippen LogP contribution in [0.15, 0.2) is 24.8 Å². The van der Waals surface area contributed by atoms with Crippen LogP contribution in [0.1, 0.15) is 23.6 Å². The summed E-state index contributed by atoms with van der Waals surface area (Å²) in [7, 11) is 0. The molecule has 1 rings (SSSR count). The van der Waals surface area contributed by atoms with Crippen LogP contribution >= 0.6 is 24.0 Å². The van der Waals surface area contributed by atoms with Crippen LogP contribution in [0, 0.1) is 12.7 Å². The highest BCUT2D eigenvalue weighted by Gasteiger charge is 2.15. The lowest BCUT2D eigenvalue weighted by Gasteiger charge is -2.14. The molecular weight excluding hydrogens is 236 g/mol. The Kier molecular flexibility index (Phi) is 5.88. The molecule has 1 nitrogen and oxygen atoms in total. The Bertz CT molecular complexity index is 353. The number of hydrogen-bond acceptors (Lipinski definition) is 1. The van der Waals surface area contributed by atoms with Gasteiger partial charge in [-0.3, -0.25) is 0 Å². The largest absolute Gasteiger partial charge is 0.324 e. The first-order valence-corrected chi connectivity index (χ1v) is 4.76. The maximum Gasteiger partial charge on any atom is 0.129 e. The summed E-state index contributed by atoms with van der Waals surface area (Å²) in [6.45, 7) is 5.39. The molecule has 0 aliphatic heterocycles. The van der Waals surface area contributed by atoms with Gasteiger partial charge < -0.3 is 5.73 Å². The first-order valence-electron chi connectivity index (χ1n) is 4.39. The van der Waals surface area contributed by atoms with Crippen LogP contribution in [-0.4, -0.2) is 0 Å². The molecule has 0 aliphatic rings. The summed E-state index contributed by atoms with van der Waals surface area (Å²) in [6.07, 6.45) is 2.17. The van der Waals surface area contributed by atoms with Gasteiger partial charge in [-0.05, 0) is 25.0 Å². The van der Waals surface area contributed by atoms with Gasteiger partial charge in [-0.25, -0.2) is 4.39 Å². The molecule has 0 saturated carbocycles. The van der Waals surface area contributed by atoms with Crippen molar-refractivity contribution in [1.29, 1.82) is 0 Å². The van der Waals surface area contributed by atoms with Crippen molar-refractivity contribution in [3.05, 3.63) is 46.8 Å². The summed E-state index contributed by atoms with van der Waals surface area (Å²) in [5.41, 5.74) is 7.00. The molecule has 84 valence electrons. The van der Waals surface area contributed by atoms with Crippen molar-refractivity contribution < 1.29 is 4.39 Å². The Morgan fingerprint density at radius 2 is 2.20 bits per heavy atom. The van der Waals surface area contributed by atoms with Gasteiger partial charge in [0.25, 0.3) is 0 Å². The first kappa shape index (κ1) is 14.4. The molecule has 2 N–H and O–H groups in total. The van der Waals surface area contributed by atoms with E-state index in [4.69, 9.17) is 17.3 Å². The monoisotopic (exact) mass is 249 g/mol. The van der Waals surface area contributed by atoms with Gasteiger partial charge in [-0.15, -0.1) is 19.0 Å². The fourth-order valence-corrected chi connectivity index (χ4v) is 1.61. The predicted octanol–water partition coefficient (Wildman–Crippen LogP) is 3.79. The second-order valence-electron chi connectivity index (χ2n) is 3.22. The van der Waals surface area contributed by atoms with Crippen molar-refractivity contribution in [1.82, 2.24) is 0 Å². The van der Waals surface area contributed by atoms with E-state index in [1.165, 1.54) is 6.07 Å². The van der Waals surface area contributed by atoms with Crippen LogP contribution in [0.2, 0.25) is 5.02 Å². The number of hydrogen-bond donors (Lipinski definition) is 1. The quantitative estimate of drug-likeness (QED) is 0.811. The lowest BCUT2D eigenvalue weighted by atomic mass is 10.0. The second kappa shape index (κ2) is 6.11. The molecule has 4 heteroatoms. The van der Waals surface area contributed by atoms with E-state index in [0.29, 0.717) is 17.0 Å². The normalized spacial score (nSPS) is 11.7. The molecule has 1 atom stereocenters. The van der Waals surface area contributed by atoms with Gasteiger partial charge in [-0.1, -0.05) is 23.7 Å². The molecule has 0 fully saturated rings. The van der Waals surface area contributed by atoms with Gasteiger partial charge in [0.2, 0.25) is 0 Å². The van der Waals surface area contributed by atoms with E-state index < -0.39 is 6.04 Å². The molecule has 0 aliphatic carbocycles. The molecule has 1 aromatic rings. The van der Waals surface area contributed by atoms with Crippen molar-refractivity contribution in [2.75, 3.05) is 0 Å². The minimum absolute atomic E-state index is 0. The molecule has 0 spiro atoms. The fraction of sp³-hybridized carbons (Fsp3) is 0.273. The molecule has 0 heterocycles. The minimum Gasteiger partial charge on any atom is -0.324 e. The van der Waals surface area contributed by atoms with Gasteiger partial charge in [0.1, 0.15) is 5.82 Å². The zero-order chi connectivity index (χ0) is 10.7. The van der Waals surface area contributed by atoms with Crippen LogP contribution in [-0.2, 0) is 0 Å². The van der Waals surface area contributed by atoms with Crippen LogP contribution in [0.5, 0.6) is 0 Å². The first-order chi connectivity index (χ1) is 6.57. The number of halogens is 3. The number of benzene rings is 1. The van der Waals surface area contributed by atoms with Crippen molar-refractivity contribution in [3.63, 3.8) is 0 Å². The number of nitrogens with two attached hydrogens (primary N) is 1. The van der Waals surface area contributed by atoms with Gasteiger partial charge in [-0.2, -0.15) is 0 Å². The SMILES string of the molecule is C=CC[C@@H](N)c1c(F)ccc(C)c1Cl.Cl. The maximum absolute atomic E-state index is 13.4. The molecule has 15 heavy (non-hydrogen) atoms. The van der Waals surface area contributed by atoms with E-state index in [-0.39, 0.29) is 18.2 Å². The van der Waals surface area contributed by atoms with E-state index in [2.05, 4.69) is 6.58 Å². The van der Waals surface area contributed by atoms with Crippen LogP contribution in [0.25, 0.3) is 0 Å². The lowest BCUT2D eigenvalue weighted by molar-refractivity contribution is 0.583. The van der Waals surface area contributed by atoms with Crippen LogP contribution in [0.4, 0.5) is 4.39 Å². The highest BCUT2D eigenvalue weighted by atomic mass is 35.5. The van der Waals surface area contributed by atoms with E-state index in [0.717, 1.165) is 5.56 Å². The molecular formula is C11H14Cl2FN. The predicted molar refractivity (Wildman–Crippen MR) is 65.1 cm³/mol. The Labute approximate surface area is 101 Å². The summed E-state index contributed by atoms with van der Waals surface area (Å²) in [6, 6.07) is 2.61. The Hall–Kier alpha value is -0.570. The van der Waals surface area contributed by atoms with Crippen molar-refractivity contribution in [3.8, 4) is 0 Å². The molecule has 0 bridgehead atoms. The topological polar surface area (TPSA) is 26.0 Å². The lowest BCUT2D eigenvalue weighted by Crippen LogP contribution is -2.12. The summed E-state index contributed by atoms with van der Waals surface area (Å²) in [5, 5.41) is 0.416. The maximum atomic E-state index is 13.4. The van der Waals surface area contributed by atoms with Gasteiger partial charge in [0.15, 0.2) is 0 Å². The number of rotatable bonds is 3. The fourth-order valence-electron chi connectivity index (χ4n) is 1.32. The highest BCUT2D eigenvalue weighted by Crippen LogP contribution is 2.29. The van der Waals surface area contributed by atoms with Gasteiger partial charge >= 0.3 is 0 Å². The Balaban J connectivity index is 0.00000196. The van der Waals surface area contributed by atoms with Crippen LogP contribution in [0.3, 0.4) is 0 Å². The smallest absolute Gasteiger partial charge is 0.129 e. The third kappa shape index (κ3) is 3.20. The number of aryl methyl sites for hydroxylation is 1. The van der Waals surface area contributed by atoms with Crippen molar-refractivity contribution in [2.24, 2.45) is 5.73 Å². The van der Waals surface area contributed by atoms with Crippen LogP contribution < -0.4 is 5.73 Å². The molecule has 0 amide bonds. The second-order valence-corrected chi connectivity index (χ2v) is 3.60. The van der Waals surface area contributed by atoms with E-state index >= 15 is 0 Å². The minimum atomic E-state index is -0.417. The van der Waals surface area contributed by atoms with Crippen molar-refractivity contribution in [2.45, 2.75) is 19.4 Å². The zero-order valence-electron chi connectivity index (χ0n) is 8.47. The molecule has 1 aromatic carbocycles. The molecule has 0 aromatic heterocycles. The zero-order valence-corrected chi connectivity index (χ0v) is 10.0. The summed E-state index contributed by atoms with van der Waals surface area (Å²) in [4.78, 5) is 0. The standard InChI is InChI=1S/C11H13ClFN.ClH/c1-3-4-9(14)10-8(13)6-5-7(2)11(10)12;/h3,5-6,9H,1,4,14H2,2H3;1H/t9-;/m1./s1. The average molecular weight is 250 g/mol. The summed E-state index contributed by atoms with van der Waals surface area (Å²) in [5.74, 6) is -0.352. The third-order valence-electron chi connectivity index (χ3n) is 2.11. The highest BCUT2D eigenvalue weighted by molar-refractivity contribution is 6.32. The Morgan fingerprint density at radius 1 is 1.60 bits per heavy atom. The van der Waals surface area contributed by atoms with E-state index in [1.807, 2.05) is 6.92 Å². The third-order valence-corrected chi connectivity index (χ3v) is 2.61. The summed E-state index contributed by atoms with van der Waals surface area (Å²) < 4.78 is 13.4. The summed E-state index contributed by atoms with van der Waals surface area (Å²) >= 11 is 5.97. The molecule has 0 unspecified atom stereocenters. The molecule has 0 saturated heterocycles. The van der Waals surface area contributed by atoms with Gasteiger partial charge in [0.05, 0.1) is 5.02 Å². The van der Waals surface area contributed by atoms with Gasteiger partial charge in [0, 0.05) is 11.6 Å². The van der Waals surface area contributed by atoms with E-state index in [1.54, 1.807) is 12.1 Å². The van der Waals surface area contributed by atoms with E-state index in [9.17, 15) is 4.39 Å². The van der Waals surface area contributed by atoms with Crippen molar-refractivity contribution >= 4 is 24.0 Å².